The van der Waals surface area contributed by atoms with Gasteiger partial charge in [0.2, 0.25) is 0 Å². The number of fused-ring (bicyclic) bond motifs is 6. The highest BCUT2D eigenvalue weighted by molar-refractivity contribution is 6.17. The lowest BCUT2D eigenvalue weighted by atomic mass is 9.92. The minimum Gasteiger partial charge on any atom is -0.456 e. The maximum absolute atomic E-state index is 6.55. The van der Waals surface area contributed by atoms with Crippen LogP contribution < -0.4 is 4.90 Å². The van der Waals surface area contributed by atoms with E-state index in [9.17, 15) is 0 Å². The minimum atomic E-state index is 0.864. The van der Waals surface area contributed by atoms with Gasteiger partial charge in [-0.1, -0.05) is 176 Å². The molecule has 10 aromatic carbocycles. The Labute approximate surface area is 337 Å². The van der Waals surface area contributed by atoms with E-state index < -0.39 is 0 Å². The van der Waals surface area contributed by atoms with Crippen LogP contribution in [0.4, 0.5) is 17.1 Å². The molecule has 0 atom stereocenters. The molecule has 0 amide bonds. The van der Waals surface area contributed by atoms with E-state index in [2.05, 4.69) is 223 Å². The molecule has 2 heteroatoms. The average Bonchev–Trinajstić information content (AvgIpc) is 3.69. The van der Waals surface area contributed by atoms with Crippen molar-refractivity contribution in [3.05, 3.63) is 224 Å². The van der Waals surface area contributed by atoms with Crippen molar-refractivity contribution in [1.82, 2.24) is 0 Å². The summed E-state index contributed by atoms with van der Waals surface area (Å²) in [4.78, 5) is 2.42. The van der Waals surface area contributed by atoms with Crippen LogP contribution in [0, 0.1) is 0 Å². The molecule has 0 N–H and O–H groups in total. The molecule has 272 valence electrons. The summed E-state index contributed by atoms with van der Waals surface area (Å²) in [6.45, 7) is 0. The van der Waals surface area contributed by atoms with Gasteiger partial charge in [-0.3, -0.25) is 0 Å². The first kappa shape index (κ1) is 33.6. The molecule has 11 aromatic rings. The average molecular weight is 740 g/mol. The van der Waals surface area contributed by atoms with Crippen LogP contribution in [-0.2, 0) is 0 Å². The highest BCUT2D eigenvalue weighted by Gasteiger charge is 2.23. The molecular formula is C56H37NO. The summed E-state index contributed by atoms with van der Waals surface area (Å²) in [5, 5.41) is 7.19. The van der Waals surface area contributed by atoms with E-state index in [0.29, 0.717) is 0 Å². The number of para-hydroxylation sites is 1. The van der Waals surface area contributed by atoms with Crippen LogP contribution in [0.25, 0.3) is 88.0 Å². The second-order valence-electron chi connectivity index (χ2n) is 14.9. The number of anilines is 3. The van der Waals surface area contributed by atoms with Crippen LogP contribution in [0.2, 0.25) is 0 Å². The molecule has 11 rings (SSSR count). The first-order chi connectivity index (χ1) is 28.8. The monoisotopic (exact) mass is 739 g/mol. The van der Waals surface area contributed by atoms with Crippen molar-refractivity contribution >= 4 is 60.5 Å². The highest BCUT2D eigenvalue weighted by atomic mass is 16.3. The van der Waals surface area contributed by atoms with E-state index >= 15 is 0 Å². The number of benzene rings is 10. The minimum absolute atomic E-state index is 0.864. The molecule has 0 saturated heterocycles. The number of hydrogen-bond acceptors (Lipinski definition) is 2. The first-order valence-electron chi connectivity index (χ1n) is 19.8. The van der Waals surface area contributed by atoms with Crippen molar-refractivity contribution in [1.29, 1.82) is 0 Å². The van der Waals surface area contributed by atoms with E-state index in [0.717, 1.165) is 55.7 Å². The summed E-state index contributed by atoms with van der Waals surface area (Å²) in [5.74, 6) is 0. The Morgan fingerprint density at radius 1 is 0.310 bits per heavy atom. The summed E-state index contributed by atoms with van der Waals surface area (Å²) in [7, 11) is 0. The molecule has 1 heterocycles. The second-order valence-corrected chi connectivity index (χ2v) is 14.9. The smallest absolute Gasteiger partial charge is 0.136 e. The molecule has 0 aliphatic carbocycles. The van der Waals surface area contributed by atoms with Gasteiger partial charge < -0.3 is 9.32 Å². The van der Waals surface area contributed by atoms with Gasteiger partial charge in [0.05, 0.1) is 5.69 Å². The lowest BCUT2D eigenvalue weighted by Gasteiger charge is -2.29. The maximum Gasteiger partial charge on any atom is 0.136 e. The molecule has 0 unspecified atom stereocenters. The number of rotatable bonds is 7. The van der Waals surface area contributed by atoms with Crippen molar-refractivity contribution in [3.8, 4) is 44.5 Å². The molecule has 0 aliphatic rings. The van der Waals surface area contributed by atoms with Gasteiger partial charge in [0.25, 0.3) is 0 Å². The fourth-order valence-corrected chi connectivity index (χ4v) is 8.71. The van der Waals surface area contributed by atoms with Crippen LogP contribution in [0.3, 0.4) is 0 Å². The molecule has 0 aliphatic heterocycles. The van der Waals surface area contributed by atoms with Crippen LogP contribution in [0.15, 0.2) is 229 Å². The highest BCUT2D eigenvalue weighted by Crippen LogP contribution is 2.48. The van der Waals surface area contributed by atoms with Gasteiger partial charge in [-0.05, 0) is 109 Å². The molecular weight excluding hydrogens is 703 g/mol. The molecule has 0 saturated carbocycles. The van der Waals surface area contributed by atoms with E-state index in [4.69, 9.17) is 4.42 Å². The lowest BCUT2D eigenvalue weighted by molar-refractivity contribution is 0.669. The summed E-state index contributed by atoms with van der Waals surface area (Å²) < 4.78 is 6.55. The Hall–Kier alpha value is -7.68. The van der Waals surface area contributed by atoms with Crippen molar-refractivity contribution in [2.75, 3.05) is 4.90 Å². The van der Waals surface area contributed by atoms with Gasteiger partial charge >= 0.3 is 0 Å². The Bertz CT molecular complexity index is 3250. The zero-order chi connectivity index (χ0) is 38.4. The van der Waals surface area contributed by atoms with Crippen molar-refractivity contribution < 1.29 is 4.42 Å². The van der Waals surface area contributed by atoms with Crippen LogP contribution in [0.5, 0.6) is 0 Å². The van der Waals surface area contributed by atoms with Crippen LogP contribution >= 0.6 is 0 Å². The lowest BCUT2D eigenvalue weighted by Crippen LogP contribution is -2.11. The Kier molecular flexibility index (Phi) is 8.19. The maximum atomic E-state index is 6.55. The van der Waals surface area contributed by atoms with E-state index in [1.54, 1.807) is 0 Å². The third kappa shape index (κ3) is 5.82. The Morgan fingerprint density at radius 3 is 1.59 bits per heavy atom. The number of nitrogens with zero attached hydrogens (tertiary/aromatic N) is 1. The van der Waals surface area contributed by atoms with E-state index in [1.165, 1.54) is 49.4 Å². The SMILES string of the molecule is c1ccc(-c2ccc(-c3c(N(c4ccc(-c5ccccc5)cc4)c4cccc(-c5cc6ccccc6c6ccccc56)c4)ccc4oc5ccccc5c34)cc2)cc1. The van der Waals surface area contributed by atoms with Crippen molar-refractivity contribution in [2.24, 2.45) is 0 Å². The third-order valence-electron chi connectivity index (χ3n) is 11.5. The molecule has 2 nitrogen and oxygen atoms in total. The zero-order valence-electron chi connectivity index (χ0n) is 31.7. The van der Waals surface area contributed by atoms with Crippen molar-refractivity contribution in [2.45, 2.75) is 0 Å². The standard InChI is InChI=1S/C56H37NO/c1-3-14-38(15-4-1)40-26-28-42(29-27-40)55-52(34-35-54-56(55)50-24-11-12-25-53(50)58-54)57(45-32-30-41(31-33-45)39-16-5-2-6-17-39)46-20-13-19-43(36-46)51-37-44-18-7-8-21-47(44)48-22-9-10-23-49(48)51/h1-37H. The van der Waals surface area contributed by atoms with Gasteiger partial charge in [-0.15, -0.1) is 0 Å². The van der Waals surface area contributed by atoms with Gasteiger partial charge in [0.15, 0.2) is 0 Å². The number of furan rings is 1. The Balaban J connectivity index is 1.16. The normalized spacial score (nSPS) is 11.4. The summed E-state index contributed by atoms with van der Waals surface area (Å²) in [5.41, 5.74) is 14.3. The van der Waals surface area contributed by atoms with Crippen molar-refractivity contribution in [3.63, 3.8) is 0 Å². The van der Waals surface area contributed by atoms with Crippen LogP contribution in [0.1, 0.15) is 0 Å². The first-order valence-corrected chi connectivity index (χ1v) is 19.8. The Morgan fingerprint density at radius 2 is 0.862 bits per heavy atom. The quantitative estimate of drug-likeness (QED) is 0.151. The molecule has 0 fully saturated rings. The van der Waals surface area contributed by atoms with Crippen LogP contribution in [-0.4, -0.2) is 0 Å². The second kappa shape index (κ2) is 14.1. The third-order valence-corrected chi connectivity index (χ3v) is 11.5. The largest absolute Gasteiger partial charge is 0.456 e. The molecule has 0 radical (unpaired) electrons. The summed E-state index contributed by atoms with van der Waals surface area (Å²) >= 11 is 0. The summed E-state index contributed by atoms with van der Waals surface area (Å²) in [6, 6.07) is 80.7. The number of hydrogen-bond donors (Lipinski definition) is 0. The predicted octanol–water partition coefficient (Wildman–Crippen LogP) is 16.0. The topological polar surface area (TPSA) is 16.4 Å². The van der Waals surface area contributed by atoms with Gasteiger partial charge in [0.1, 0.15) is 11.2 Å². The predicted molar refractivity (Wildman–Crippen MR) is 245 cm³/mol. The fraction of sp³-hybridized carbons (Fsp3) is 0. The fourth-order valence-electron chi connectivity index (χ4n) is 8.71. The van der Waals surface area contributed by atoms with Gasteiger partial charge in [0, 0.05) is 27.7 Å². The zero-order valence-corrected chi connectivity index (χ0v) is 31.7. The summed E-state index contributed by atoms with van der Waals surface area (Å²) in [6.07, 6.45) is 0. The molecule has 0 bridgehead atoms. The molecule has 1 aromatic heterocycles. The van der Waals surface area contributed by atoms with E-state index in [-0.39, 0.29) is 0 Å². The van der Waals surface area contributed by atoms with E-state index in [1.807, 2.05) is 6.07 Å². The van der Waals surface area contributed by atoms with Gasteiger partial charge in [-0.2, -0.15) is 0 Å². The molecule has 58 heavy (non-hydrogen) atoms. The molecule has 0 spiro atoms. The van der Waals surface area contributed by atoms with Gasteiger partial charge in [-0.25, -0.2) is 0 Å².